The van der Waals surface area contributed by atoms with Crippen LogP contribution in [0.25, 0.3) is 11.3 Å². The van der Waals surface area contributed by atoms with E-state index in [1.165, 1.54) is 0 Å². The maximum absolute atomic E-state index is 6.02. The van der Waals surface area contributed by atoms with Crippen molar-refractivity contribution in [1.29, 1.82) is 0 Å². The van der Waals surface area contributed by atoms with Gasteiger partial charge in [0.1, 0.15) is 5.82 Å². The smallest absolute Gasteiger partial charge is 0.101 e. The summed E-state index contributed by atoms with van der Waals surface area (Å²) in [7, 11) is 0. The van der Waals surface area contributed by atoms with Crippen LogP contribution in [-0.4, -0.2) is 0 Å². The molecule has 22 heavy (non-hydrogen) atoms. The number of nitrogens with one attached hydrogen (secondary N) is 1. The second kappa shape index (κ2) is 7.18. The molecular formula is C19H21N3. The molecule has 0 saturated heterocycles. The number of anilines is 1. The molecule has 0 aliphatic carbocycles. The van der Waals surface area contributed by atoms with Crippen molar-refractivity contribution in [2.75, 3.05) is 5.32 Å². The highest BCUT2D eigenvalue weighted by molar-refractivity contribution is 5.67. The molecule has 0 aliphatic rings. The highest BCUT2D eigenvalue weighted by Crippen LogP contribution is 2.17. The molecule has 0 spiro atoms. The van der Waals surface area contributed by atoms with Crippen LogP contribution in [0.5, 0.6) is 0 Å². The topological polar surface area (TPSA) is 64.1 Å². The summed E-state index contributed by atoms with van der Waals surface area (Å²) in [6.45, 7) is 5.91. The molecule has 0 saturated carbocycles. The molecule has 112 valence electrons. The summed E-state index contributed by atoms with van der Waals surface area (Å²) in [6, 6.07) is 17.7. The van der Waals surface area contributed by atoms with Crippen LogP contribution in [0, 0.1) is 0 Å². The molecule has 2 rings (SSSR count). The summed E-state index contributed by atoms with van der Waals surface area (Å²) in [5.41, 5.74) is 16.7. The first kappa shape index (κ1) is 15.4. The van der Waals surface area contributed by atoms with Gasteiger partial charge in [0.05, 0.1) is 0 Å². The summed E-state index contributed by atoms with van der Waals surface area (Å²) in [6.07, 6.45) is 3.55. The van der Waals surface area contributed by atoms with Crippen LogP contribution >= 0.6 is 0 Å². The molecule has 0 aromatic heterocycles. The Bertz CT molecular complexity index is 712. The van der Waals surface area contributed by atoms with Gasteiger partial charge in [-0.3, -0.25) is 0 Å². The molecule has 0 heterocycles. The fourth-order valence-corrected chi connectivity index (χ4v) is 1.98. The van der Waals surface area contributed by atoms with Crippen molar-refractivity contribution in [1.82, 2.24) is 0 Å². The normalized spacial score (nSPS) is 12.0. The molecule has 0 aliphatic heterocycles. The van der Waals surface area contributed by atoms with Crippen molar-refractivity contribution in [3.63, 3.8) is 0 Å². The average Bonchev–Trinajstić information content (AvgIpc) is 2.53. The van der Waals surface area contributed by atoms with E-state index >= 15 is 0 Å². The lowest BCUT2D eigenvalue weighted by molar-refractivity contribution is 1.31. The Morgan fingerprint density at radius 2 is 1.64 bits per heavy atom. The average molecular weight is 291 g/mol. The molecule has 0 fully saturated rings. The van der Waals surface area contributed by atoms with Gasteiger partial charge in [-0.05, 0) is 42.3 Å². The largest absolute Gasteiger partial charge is 0.398 e. The van der Waals surface area contributed by atoms with Crippen molar-refractivity contribution < 1.29 is 0 Å². The third kappa shape index (κ3) is 4.28. The highest BCUT2D eigenvalue weighted by Gasteiger charge is 1.97. The Balaban J connectivity index is 2.10. The number of benzene rings is 2. The number of hydrogen-bond donors (Lipinski definition) is 3. The lowest BCUT2D eigenvalue weighted by Crippen LogP contribution is -2.09. The maximum Gasteiger partial charge on any atom is 0.101 e. The zero-order chi connectivity index (χ0) is 15.9. The molecule has 3 nitrogen and oxygen atoms in total. The standard InChI is InChI=1S/C19H21N3/c1-14(2)16-9-6-10-17(13-16)22-19(21)12-11-18(20)15-7-4-3-5-8-15/h3-13,22H,1,20-21H2,2H3/b18-11-,19-12+. The fraction of sp³-hybridized carbons (Fsp3) is 0.0526. The number of nitrogens with two attached hydrogens (primary N) is 2. The first-order chi connectivity index (χ1) is 10.6. The van der Waals surface area contributed by atoms with Crippen LogP contribution in [0.3, 0.4) is 0 Å². The molecule has 2 aromatic carbocycles. The van der Waals surface area contributed by atoms with E-state index in [2.05, 4.69) is 11.9 Å². The van der Waals surface area contributed by atoms with Gasteiger partial charge in [0, 0.05) is 11.4 Å². The molecular weight excluding hydrogens is 270 g/mol. The zero-order valence-corrected chi connectivity index (χ0v) is 12.7. The SMILES string of the molecule is C=C(C)c1cccc(N/C(N)=C/C=C(\N)c2ccccc2)c1. The Morgan fingerprint density at radius 3 is 2.32 bits per heavy atom. The van der Waals surface area contributed by atoms with Crippen molar-refractivity contribution in [3.8, 4) is 0 Å². The summed E-state index contributed by atoms with van der Waals surface area (Å²) in [5, 5.41) is 3.14. The van der Waals surface area contributed by atoms with E-state index in [9.17, 15) is 0 Å². The number of rotatable bonds is 5. The van der Waals surface area contributed by atoms with Gasteiger partial charge in [0.2, 0.25) is 0 Å². The molecule has 3 heteroatoms. The third-order valence-corrected chi connectivity index (χ3v) is 3.19. The molecule has 0 unspecified atom stereocenters. The third-order valence-electron chi connectivity index (χ3n) is 3.19. The lowest BCUT2D eigenvalue weighted by Gasteiger charge is -2.08. The second-order valence-corrected chi connectivity index (χ2v) is 5.10. The van der Waals surface area contributed by atoms with Crippen LogP contribution in [0.15, 0.2) is 79.1 Å². The minimum Gasteiger partial charge on any atom is -0.398 e. The van der Waals surface area contributed by atoms with E-state index in [-0.39, 0.29) is 0 Å². The van der Waals surface area contributed by atoms with Crippen LogP contribution in [-0.2, 0) is 0 Å². The van der Waals surface area contributed by atoms with E-state index in [0.717, 1.165) is 22.4 Å². The van der Waals surface area contributed by atoms with Crippen molar-refractivity contribution in [3.05, 3.63) is 90.3 Å². The van der Waals surface area contributed by atoms with E-state index in [0.29, 0.717) is 11.5 Å². The summed E-state index contributed by atoms with van der Waals surface area (Å²) in [4.78, 5) is 0. The Hall–Kier alpha value is -2.94. The Labute approximate surface area is 131 Å². The van der Waals surface area contributed by atoms with Crippen LogP contribution < -0.4 is 16.8 Å². The van der Waals surface area contributed by atoms with Gasteiger partial charge in [-0.15, -0.1) is 0 Å². The maximum atomic E-state index is 6.02. The van der Waals surface area contributed by atoms with E-state index in [1.54, 1.807) is 12.2 Å². The van der Waals surface area contributed by atoms with Gasteiger partial charge < -0.3 is 16.8 Å². The Kier molecular flexibility index (Phi) is 5.04. The van der Waals surface area contributed by atoms with Crippen molar-refractivity contribution in [2.24, 2.45) is 11.5 Å². The first-order valence-corrected chi connectivity index (χ1v) is 7.07. The minimum atomic E-state index is 0.526. The minimum absolute atomic E-state index is 0.526. The summed E-state index contributed by atoms with van der Waals surface area (Å²) in [5.74, 6) is 0.526. The van der Waals surface area contributed by atoms with Crippen LogP contribution in [0.2, 0.25) is 0 Å². The van der Waals surface area contributed by atoms with Gasteiger partial charge in [-0.2, -0.15) is 0 Å². The van der Waals surface area contributed by atoms with E-state index < -0.39 is 0 Å². The molecule has 2 aromatic rings. The zero-order valence-electron chi connectivity index (χ0n) is 12.7. The van der Waals surface area contributed by atoms with Gasteiger partial charge in [0.15, 0.2) is 0 Å². The lowest BCUT2D eigenvalue weighted by atomic mass is 10.1. The second-order valence-electron chi connectivity index (χ2n) is 5.10. The van der Waals surface area contributed by atoms with Gasteiger partial charge >= 0.3 is 0 Å². The van der Waals surface area contributed by atoms with Gasteiger partial charge in [-0.1, -0.05) is 54.6 Å². The highest BCUT2D eigenvalue weighted by atomic mass is 15.0. The summed E-state index contributed by atoms with van der Waals surface area (Å²) < 4.78 is 0. The van der Waals surface area contributed by atoms with Crippen LogP contribution in [0.1, 0.15) is 18.1 Å². The number of allylic oxidation sites excluding steroid dienone is 3. The van der Waals surface area contributed by atoms with E-state index in [4.69, 9.17) is 11.5 Å². The molecule has 0 atom stereocenters. The summed E-state index contributed by atoms with van der Waals surface area (Å²) >= 11 is 0. The quantitative estimate of drug-likeness (QED) is 0.731. The predicted octanol–water partition coefficient (Wildman–Crippen LogP) is 3.93. The van der Waals surface area contributed by atoms with Crippen molar-refractivity contribution >= 4 is 17.0 Å². The monoisotopic (exact) mass is 291 g/mol. The molecule has 0 radical (unpaired) electrons. The van der Waals surface area contributed by atoms with Crippen LogP contribution in [0.4, 0.5) is 5.69 Å². The molecule has 0 bridgehead atoms. The first-order valence-electron chi connectivity index (χ1n) is 7.07. The van der Waals surface area contributed by atoms with Crippen molar-refractivity contribution in [2.45, 2.75) is 6.92 Å². The van der Waals surface area contributed by atoms with E-state index in [1.807, 2.05) is 61.5 Å². The number of hydrogen-bond acceptors (Lipinski definition) is 3. The Morgan fingerprint density at radius 1 is 0.955 bits per heavy atom. The van der Waals surface area contributed by atoms with Gasteiger partial charge in [0.25, 0.3) is 0 Å². The van der Waals surface area contributed by atoms with Gasteiger partial charge in [-0.25, -0.2) is 0 Å². The molecule has 5 N–H and O–H groups in total. The molecule has 0 amide bonds. The predicted molar refractivity (Wildman–Crippen MR) is 95.6 cm³/mol. The fourth-order valence-electron chi connectivity index (χ4n) is 1.98.